The van der Waals surface area contributed by atoms with Gasteiger partial charge in [0.1, 0.15) is 11.5 Å². The van der Waals surface area contributed by atoms with Crippen molar-refractivity contribution in [3.05, 3.63) is 23.2 Å². The van der Waals surface area contributed by atoms with Gasteiger partial charge in [-0.25, -0.2) is 0 Å². The van der Waals surface area contributed by atoms with Crippen LogP contribution in [-0.2, 0) is 13.1 Å². The number of aryl methyl sites for hydroxylation is 1. The molecule has 1 saturated carbocycles. The summed E-state index contributed by atoms with van der Waals surface area (Å²) in [6.07, 6.45) is 5.32. The van der Waals surface area contributed by atoms with Crippen molar-refractivity contribution in [2.24, 2.45) is 5.92 Å². The standard InChI is InChI=1S/C17H28N2O/c1-12-6-7-19(13(2)8-12)11-17-9-15(14(3)20-17)10-18-16-4-5-16/h9,12-13,16,18H,4-8,10-11H2,1-3H3. The monoisotopic (exact) mass is 276 g/mol. The first kappa shape index (κ1) is 14.2. The summed E-state index contributed by atoms with van der Waals surface area (Å²) in [6, 6.07) is 3.70. The third kappa shape index (κ3) is 3.44. The normalized spacial score (nSPS) is 27.9. The molecule has 1 aliphatic carbocycles. The Morgan fingerprint density at radius 2 is 2.10 bits per heavy atom. The summed E-state index contributed by atoms with van der Waals surface area (Å²) < 4.78 is 5.96. The highest BCUT2D eigenvalue weighted by molar-refractivity contribution is 5.21. The molecule has 20 heavy (non-hydrogen) atoms. The predicted molar refractivity (Wildman–Crippen MR) is 81.6 cm³/mol. The minimum Gasteiger partial charge on any atom is -0.465 e. The molecule has 2 heterocycles. The Kier molecular flexibility index (Phi) is 4.18. The van der Waals surface area contributed by atoms with Crippen molar-refractivity contribution < 1.29 is 4.42 Å². The highest BCUT2D eigenvalue weighted by Crippen LogP contribution is 2.26. The van der Waals surface area contributed by atoms with Crippen molar-refractivity contribution in [1.82, 2.24) is 10.2 Å². The number of nitrogens with one attached hydrogen (secondary N) is 1. The summed E-state index contributed by atoms with van der Waals surface area (Å²) in [5, 5.41) is 3.57. The molecule has 0 aromatic carbocycles. The highest BCUT2D eigenvalue weighted by atomic mass is 16.3. The molecule has 2 atom stereocenters. The lowest BCUT2D eigenvalue weighted by atomic mass is 9.93. The second kappa shape index (κ2) is 5.90. The van der Waals surface area contributed by atoms with E-state index < -0.39 is 0 Å². The maximum atomic E-state index is 5.96. The average Bonchev–Trinajstić information content (AvgIpc) is 3.15. The zero-order valence-electron chi connectivity index (χ0n) is 13.1. The van der Waals surface area contributed by atoms with Crippen LogP contribution in [0.4, 0.5) is 0 Å². The minimum atomic E-state index is 0.678. The number of hydrogen-bond acceptors (Lipinski definition) is 3. The molecule has 1 saturated heterocycles. The van der Waals surface area contributed by atoms with Gasteiger partial charge in [0.25, 0.3) is 0 Å². The number of nitrogens with zero attached hydrogens (tertiary/aromatic N) is 1. The molecule has 0 amide bonds. The van der Waals surface area contributed by atoms with E-state index in [0.717, 1.165) is 36.6 Å². The maximum absolute atomic E-state index is 5.96. The Balaban J connectivity index is 1.57. The number of rotatable bonds is 5. The van der Waals surface area contributed by atoms with E-state index in [9.17, 15) is 0 Å². The summed E-state index contributed by atoms with van der Waals surface area (Å²) in [7, 11) is 0. The Morgan fingerprint density at radius 3 is 2.80 bits per heavy atom. The van der Waals surface area contributed by atoms with E-state index in [4.69, 9.17) is 4.42 Å². The zero-order valence-corrected chi connectivity index (χ0v) is 13.1. The van der Waals surface area contributed by atoms with Gasteiger partial charge in [0, 0.05) is 24.2 Å². The molecular formula is C17H28N2O. The molecule has 112 valence electrons. The highest BCUT2D eigenvalue weighted by Gasteiger charge is 2.24. The van der Waals surface area contributed by atoms with Gasteiger partial charge in [-0.05, 0) is 58.1 Å². The molecule has 3 rings (SSSR count). The van der Waals surface area contributed by atoms with E-state index in [0.29, 0.717) is 6.04 Å². The number of likely N-dealkylation sites (tertiary alicyclic amines) is 1. The summed E-state index contributed by atoms with van der Waals surface area (Å²) in [5.41, 5.74) is 1.34. The van der Waals surface area contributed by atoms with Gasteiger partial charge in [0.15, 0.2) is 0 Å². The van der Waals surface area contributed by atoms with Crippen LogP contribution in [-0.4, -0.2) is 23.5 Å². The minimum absolute atomic E-state index is 0.678. The van der Waals surface area contributed by atoms with Crippen LogP contribution in [0.2, 0.25) is 0 Å². The topological polar surface area (TPSA) is 28.4 Å². The SMILES string of the molecule is Cc1oc(CN2CCC(C)CC2C)cc1CNC1CC1. The van der Waals surface area contributed by atoms with Crippen LogP contribution in [0.15, 0.2) is 10.5 Å². The molecule has 0 bridgehead atoms. The Hall–Kier alpha value is -0.800. The lowest BCUT2D eigenvalue weighted by Crippen LogP contribution is -2.39. The first-order valence-electron chi connectivity index (χ1n) is 8.17. The van der Waals surface area contributed by atoms with Crippen LogP contribution >= 0.6 is 0 Å². The molecule has 2 unspecified atom stereocenters. The van der Waals surface area contributed by atoms with Crippen molar-refractivity contribution >= 4 is 0 Å². The predicted octanol–water partition coefficient (Wildman–Crippen LogP) is 3.46. The van der Waals surface area contributed by atoms with Crippen LogP contribution in [0.3, 0.4) is 0 Å². The molecular weight excluding hydrogens is 248 g/mol. The number of hydrogen-bond donors (Lipinski definition) is 1. The fraction of sp³-hybridized carbons (Fsp3) is 0.765. The van der Waals surface area contributed by atoms with E-state index in [2.05, 4.69) is 37.1 Å². The molecule has 0 radical (unpaired) electrons. The quantitative estimate of drug-likeness (QED) is 0.892. The first-order chi connectivity index (χ1) is 9.61. The van der Waals surface area contributed by atoms with Crippen LogP contribution in [0.1, 0.15) is 56.6 Å². The van der Waals surface area contributed by atoms with Crippen molar-refractivity contribution in [2.45, 2.75) is 71.6 Å². The Bertz CT molecular complexity index is 450. The summed E-state index contributed by atoms with van der Waals surface area (Å²) in [4.78, 5) is 2.57. The second-order valence-corrected chi connectivity index (χ2v) is 6.90. The van der Waals surface area contributed by atoms with Crippen molar-refractivity contribution in [3.8, 4) is 0 Å². The van der Waals surface area contributed by atoms with E-state index in [-0.39, 0.29) is 0 Å². The summed E-state index contributed by atoms with van der Waals surface area (Å²) in [6.45, 7) is 9.95. The Labute approximate surface area is 122 Å². The smallest absolute Gasteiger partial charge is 0.118 e. The van der Waals surface area contributed by atoms with Gasteiger partial charge < -0.3 is 9.73 Å². The molecule has 1 aromatic rings. The first-order valence-corrected chi connectivity index (χ1v) is 8.17. The molecule has 1 N–H and O–H groups in total. The van der Waals surface area contributed by atoms with Crippen LogP contribution in [0.5, 0.6) is 0 Å². The molecule has 0 spiro atoms. The average molecular weight is 276 g/mol. The lowest BCUT2D eigenvalue weighted by Gasteiger charge is -2.35. The van der Waals surface area contributed by atoms with Gasteiger partial charge in [0.05, 0.1) is 6.54 Å². The molecule has 1 aliphatic heterocycles. The molecule has 2 aliphatic rings. The number of piperidine rings is 1. The fourth-order valence-corrected chi connectivity index (χ4v) is 3.27. The third-order valence-corrected chi connectivity index (χ3v) is 4.87. The van der Waals surface area contributed by atoms with E-state index in [1.807, 2.05) is 0 Å². The second-order valence-electron chi connectivity index (χ2n) is 6.90. The molecule has 3 nitrogen and oxygen atoms in total. The molecule has 2 fully saturated rings. The van der Waals surface area contributed by atoms with Crippen LogP contribution in [0.25, 0.3) is 0 Å². The maximum Gasteiger partial charge on any atom is 0.118 e. The van der Waals surface area contributed by atoms with Crippen LogP contribution < -0.4 is 5.32 Å². The largest absolute Gasteiger partial charge is 0.465 e. The van der Waals surface area contributed by atoms with Crippen LogP contribution in [0, 0.1) is 12.8 Å². The van der Waals surface area contributed by atoms with Gasteiger partial charge in [-0.1, -0.05) is 6.92 Å². The fourth-order valence-electron chi connectivity index (χ4n) is 3.27. The van der Waals surface area contributed by atoms with Crippen molar-refractivity contribution in [1.29, 1.82) is 0 Å². The van der Waals surface area contributed by atoms with E-state index in [1.54, 1.807) is 0 Å². The van der Waals surface area contributed by atoms with Crippen molar-refractivity contribution in [2.75, 3.05) is 6.54 Å². The summed E-state index contributed by atoms with van der Waals surface area (Å²) >= 11 is 0. The third-order valence-electron chi connectivity index (χ3n) is 4.87. The van der Waals surface area contributed by atoms with E-state index in [1.165, 1.54) is 37.8 Å². The van der Waals surface area contributed by atoms with E-state index >= 15 is 0 Å². The van der Waals surface area contributed by atoms with Crippen molar-refractivity contribution in [3.63, 3.8) is 0 Å². The van der Waals surface area contributed by atoms with Gasteiger partial charge in [-0.3, -0.25) is 4.90 Å². The number of furan rings is 1. The lowest BCUT2D eigenvalue weighted by molar-refractivity contribution is 0.113. The summed E-state index contributed by atoms with van der Waals surface area (Å²) in [5.74, 6) is 3.10. The van der Waals surface area contributed by atoms with Gasteiger partial charge in [0.2, 0.25) is 0 Å². The van der Waals surface area contributed by atoms with Gasteiger partial charge >= 0.3 is 0 Å². The molecule has 1 aromatic heterocycles. The van der Waals surface area contributed by atoms with Gasteiger partial charge in [-0.2, -0.15) is 0 Å². The molecule has 3 heteroatoms. The zero-order chi connectivity index (χ0) is 14.1. The van der Waals surface area contributed by atoms with Gasteiger partial charge in [-0.15, -0.1) is 0 Å². The Morgan fingerprint density at radius 1 is 1.30 bits per heavy atom.